The molecule has 2 aliphatic heterocycles. The highest BCUT2D eigenvalue weighted by Gasteiger charge is 2.31. The van der Waals surface area contributed by atoms with Crippen molar-refractivity contribution in [1.82, 2.24) is 4.90 Å². The summed E-state index contributed by atoms with van der Waals surface area (Å²) in [7, 11) is 0. The molecule has 0 aromatic heterocycles. The van der Waals surface area contributed by atoms with Crippen molar-refractivity contribution >= 4 is 34.2 Å². The summed E-state index contributed by atoms with van der Waals surface area (Å²) in [6.07, 6.45) is 2.68. The van der Waals surface area contributed by atoms with Crippen LogP contribution >= 0.6 is 28.3 Å². The molecule has 0 aliphatic carbocycles. The maximum Gasteiger partial charge on any atom is 0.240 e. The third kappa shape index (κ3) is 3.65. The molecule has 1 aromatic rings. The van der Waals surface area contributed by atoms with Crippen LogP contribution in [0.15, 0.2) is 22.7 Å². The second kappa shape index (κ2) is 7.77. The van der Waals surface area contributed by atoms with E-state index in [2.05, 4.69) is 28.1 Å². The first-order valence-electron chi connectivity index (χ1n) is 7.55. The number of amides is 1. The smallest absolute Gasteiger partial charge is 0.240 e. The van der Waals surface area contributed by atoms with E-state index >= 15 is 0 Å². The number of carbonyl (C=O) groups excluding carboxylic acids is 1. The summed E-state index contributed by atoms with van der Waals surface area (Å²) in [6, 6.07) is 5.79. The van der Waals surface area contributed by atoms with Crippen molar-refractivity contribution in [3.8, 4) is 0 Å². The largest absolute Gasteiger partial charge is 0.381 e. The summed E-state index contributed by atoms with van der Waals surface area (Å²) in [5.74, 6) is 0.350. The Balaban J connectivity index is 0.00000176. The molecule has 2 heterocycles. The average molecular weight is 390 g/mol. The van der Waals surface area contributed by atoms with E-state index in [0.29, 0.717) is 6.54 Å². The number of ether oxygens (including phenoxy) is 1. The zero-order valence-electron chi connectivity index (χ0n) is 12.5. The highest BCUT2D eigenvalue weighted by atomic mass is 79.9. The van der Waals surface area contributed by atoms with Gasteiger partial charge in [0.15, 0.2) is 0 Å². The van der Waals surface area contributed by atoms with E-state index in [4.69, 9.17) is 10.5 Å². The number of benzene rings is 1. The van der Waals surface area contributed by atoms with Gasteiger partial charge < -0.3 is 15.4 Å². The fourth-order valence-electron chi connectivity index (χ4n) is 3.24. The quantitative estimate of drug-likeness (QED) is 0.845. The first-order valence-corrected chi connectivity index (χ1v) is 8.34. The van der Waals surface area contributed by atoms with Gasteiger partial charge in [0.1, 0.15) is 0 Å². The van der Waals surface area contributed by atoms with Gasteiger partial charge in [-0.15, -0.1) is 12.4 Å². The summed E-state index contributed by atoms with van der Waals surface area (Å²) in [5.41, 5.74) is 8.76. The van der Waals surface area contributed by atoms with Gasteiger partial charge in [-0.1, -0.05) is 28.1 Å². The first-order chi connectivity index (χ1) is 10.2. The van der Waals surface area contributed by atoms with Crippen LogP contribution in [0.1, 0.15) is 24.0 Å². The second-order valence-electron chi connectivity index (χ2n) is 5.86. The number of nitrogens with zero attached hydrogens (tertiary/aromatic N) is 1. The van der Waals surface area contributed by atoms with Crippen molar-refractivity contribution in [3.05, 3.63) is 33.8 Å². The second-order valence-corrected chi connectivity index (χ2v) is 6.72. The van der Waals surface area contributed by atoms with E-state index in [1.165, 1.54) is 11.1 Å². The molecule has 1 atom stereocenters. The lowest BCUT2D eigenvalue weighted by Crippen LogP contribution is -2.50. The van der Waals surface area contributed by atoms with Crippen LogP contribution in [0, 0.1) is 5.92 Å². The first kappa shape index (κ1) is 17.7. The van der Waals surface area contributed by atoms with E-state index in [9.17, 15) is 4.79 Å². The lowest BCUT2D eigenvalue weighted by atomic mass is 9.90. The Morgan fingerprint density at radius 1 is 1.36 bits per heavy atom. The summed E-state index contributed by atoms with van der Waals surface area (Å²) < 4.78 is 6.49. The normalized spacial score (nSPS) is 20.0. The van der Waals surface area contributed by atoms with Crippen LogP contribution in [0.2, 0.25) is 0 Å². The third-order valence-corrected chi connectivity index (χ3v) is 5.32. The molecule has 6 heteroatoms. The van der Waals surface area contributed by atoms with Gasteiger partial charge in [0.05, 0.1) is 6.04 Å². The van der Waals surface area contributed by atoms with Crippen molar-refractivity contribution in [2.75, 3.05) is 19.8 Å². The number of halogens is 2. The van der Waals surface area contributed by atoms with Gasteiger partial charge in [-0.25, -0.2) is 0 Å². The summed E-state index contributed by atoms with van der Waals surface area (Å²) in [5, 5.41) is 0. The minimum atomic E-state index is -0.386. The summed E-state index contributed by atoms with van der Waals surface area (Å²) in [6.45, 7) is 2.87. The Hall–Kier alpha value is -0.620. The molecule has 1 amide bonds. The highest BCUT2D eigenvalue weighted by molar-refractivity contribution is 9.10. The molecule has 22 heavy (non-hydrogen) atoms. The molecule has 1 fully saturated rings. The molecule has 2 aliphatic rings. The molecule has 1 aromatic carbocycles. The molecule has 2 N–H and O–H groups in total. The van der Waals surface area contributed by atoms with Gasteiger partial charge in [0.2, 0.25) is 5.91 Å². The minimum absolute atomic E-state index is 0. The molecular weight excluding hydrogens is 368 g/mol. The van der Waals surface area contributed by atoms with E-state index in [-0.39, 0.29) is 30.3 Å². The maximum absolute atomic E-state index is 12.6. The molecule has 1 saturated heterocycles. The van der Waals surface area contributed by atoms with E-state index < -0.39 is 0 Å². The standard InChI is InChI=1S/C16H21BrN2O2.ClH/c17-14-3-1-2-12-10-19(7-4-13(12)14)16(20)15(18)11-5-8-21-9-6-11;/h1-3,11,15H,4-10,18H2;1H. The predicted molar refractivity (Wildman–Crippen MR) is 92.0 cm³/mol. The third-order valence-electron chi connectivity index (χ3n) is 4.58. The van der Waals surface area contributed by atoms with Gasteiger partial charge >= 0.3 is 0 Å². The molecule has 0 bridgehead atoms. The molecule has 4 nitrogen and oxygen atoms in total. The van der Waals surface area contributed by atoms with Crippen molar-refractivity contribution in [2.45, 2.75) is 31.8 Å². The van der Waals surface area contributed by atoms with Gasteiger partial charge in [0, 0.05) is 30.8 Å². The minimum Gasteiger partial charge on any atom is -0.381 e. The Bertz CT molecular complexity index is 535. The van der Waals surface area contributed by atoms with Crippen molar-refractivity contribution in [2.24, 2.45) is 11.7 Å². The Labute approximate surface area is 145 Å². The van der Waals surface area contributed by atoms with Crippen molar-refractivity contribution in [1.29, 1.82) is 0 Å². The zero-order valence-corrected chi connectivity index (χ0v) is 14.9. The summed E-state index contributed by atoms with van der Waals surface area (Å²) in [4.78, 5) is 14.6. The van der Waals surface area contributed by atoms with Gasteiger partial charge in [-0.3, -0.25) is 4.79 Å². The Morgan fingerprint density at radius 2 is 2.09 bits per heavy atom. The zero-order chi connectivity index (χ0) is 14.8. The molecule has 3 rings (SSSR count). The SMILES string of the molecule is Cl.NC(C(=O)N1CCc2c(Br)cccc2C1)C1CCOCC1. The Morgan fingerprint density at radius 3 is 2.82 bits per heavy atom. The van der Waals surface area contributed by atoms with Crippen molar-refractivity contribution < 1.29 is 9.53 Å². The maximum atomic E-state index is 12.6. The van der Waals surface area contributed by atoms with Gasteiger partial charge in [0.25, 0.3) is 0 Å². The highest BCUT2D eigenvalue weighted by Crippen LogP contribution is 2.27. The fourth-order valence-corrected chi connectivity index (χ4v) is 3.84. The number of fused-ring (bicyclic) bond motifs is 1. The van der Waals surface area contributed by atoms with E-state index in [1.807, 2.05) is 11.0 Å². The number of nitrogens with two attached hydrogens (primary N) is 1. The van der Waals surface area contributed by atoms with Crippen LogP contribution in [0.4, 0.5) is 0 Å². The van der Waals surface area contributed by atoms with E-state index in [0.717, 1.165) is 43.5 Å². The summed E-state index contributed by atoms with van der Waals surface area (Å²) >= 11 is 3.59. The van der Waals surface area contributed by atoms with Crippen molar-refractivity contribution in [3.63, 3.8) is 0 Å². The Kier molecular flexibility index (Phi) is 6.26. The molecule has 122 valence electrons. The van der Waals surface area contributed by atoms with Crippen LogP contribution < -0.4 is 5.73 Å². The predicted octanol–water partition coefficient (Wildman–Crippen LogP) is 2.51. The fraction of sp³-hybridized carbons (Fsp3) is 0.562. The van der Waals surface area contributed by atoms with Crippen LogP contribution in [-0.2, 0) is 22.5 Å². The number of rotatable bonds is 2. The lowest BCUT2D eigenvalue weighted by molar-refractivity contribution is -0.135. The monoisotopic (exact) mass is 388 g/mol. The lowest BCUT2D eigenvalue weighted by Gasteiger charge is -2.34. The molecule has 1 unspecified atom stereocenters. The van der Waals surface area contributed by atoms with E-state index in [1.54, 1.807) is 0 Å². The molecule has 0 saturated carbocycles. The molecule has 0 spiro atoms. The average Bonchev–Trinajstić information content (AvgIpc) is 2.54. The number of hydrogen-bond acceptors (Lipinski definition) is 3. The van der Waals surface area contributed by atoms with Crippen LogP contribution in [0.3, 0.4) is 0 Å². The number of hydrogen-bond donors (Lipinski definition) is 1. The van der Waals surface area contributed by atoms with Crippen LogP contribution in [-0.4, -0.2) is 36.6 Å². The van der Waals surface area contributed by atoms with Crippen LogP contribution in [0.25, 0.3) is 0 Å². The van der Waals surface area contributed by atoms with Gasteiger partial charge in [-0.2, -0.15) is 0 Å². The van der Waals surface area contributed by atoms with Gasteiger partial charge in [-0.05, 0) is 42.4 Å². The topological polar surface area (TPSA) is 55.6 Å². The molecular formula is C16H22BrClN2O2. The number of carbonyl (C=O) groups is 1. The van der Waals surface area contributed by atoms with Crippen LogP contribution in [0.5, 0.6) is 0 Å². The molecule has 0 radical (unpaired) electrons.